The predicted molar refractivity (Wildman–Crippen MR) is 123 cm³/mol. The summed E-state index contributed by atoms with van der Waals surface area (Å²) in [5.41, 5.74) is 4.98. The van der Waals surface area contributed by atoms with Gasteiger partial charge < -0.3 is 19.2 Å². The van der Waals surface area contributed by atoms with Crippen LogP contribution in [0.2, 0.25) is 0 Å². The molecule has 4 aromatic rings. The van der Waals surface area contributed by atoms with E-state index in [-0.39, 0.29) is 11.7 Å². The third-order valence-corrected chi connectivity index (χ3v) is 5.95. The molecule has 1 atom stereocenters. The lowest BCUT2D eigenvalue weighted by Crippen LogP contribution is -2.29. The highest BCUT2D eigenvalue weighted by atomic mass is 16.5. The van der Waals surface area contributed by atoms with Crippen molar-refractivity contribution in [2.45, 2.75) is 33.4 Å². The van der Waals surface area contributed by atoms with Crippen molar-refractivity contribution in [3.63, 3.8) is 0 Å². The molecule has 168 valence electrons. The van der Waals surface area contributed by atoms with E-state index in [1.165, 1.54) is 0 Å². The smallest absolute Gasteiger partial charge is 0.273 e. The van der Waals surface area contributed by atoms with E-state index in [0.717, 1.165) is 28.0 Å². The lowest BCUT2D eigenvalue weighted by atomic mass is 9.94. The van der Waals surface area contributed by atoms with E-state index in [2.05, 4.69) is 10.2 Å². The van der Waals surface area contributed by atoms with Gasteiger partial charge in [-0.15, -0.1) is 0 Å². The van der Waals surface area contributed by atoms with E-state index < -0.39 is 6.04 Å². The Morgan fingerprint density at radius 2 is 2.03 bits per heavy atom. The maximum Gasteiger partial charge on any atom is 0.273 e. The van der Waals surface area contributed by atoms with Crippen molar-refractivity contribution in [1.82, 2.24) is 15.1 Å². The van der Waals surface area contributed by atoms with Crippen molar-refractivity contribution in [2.24, 2.45) is 0 Å². The number of nitrogens with zero attached hydrogens (tertiary/aromatic N) is 2. The van der Waals surface area contributed by atoms with E-state index in [1.807, 2.05) is 63.2 Å². The molecule has 5 rings (SSSR count). The van der Waals surface area contributed by atoms with Crippen molar-refractivity contribution >= 4 is 5.91 Å². The van der Waals surface area contributed by atoms with E-state index in [0.29, 0.717) is 35.9 Å². The molecule has 1 amide bonds. The number of ether oxygens (including phenoxy) is 1. The first-order valence-electron chi connectivity index (χ1n) is 10.9. The van der Waals surface area contributed by atoms with E-state index in [1.54, 1.807) is 17.2 Å². The number of hydrogen-bond donors (Lipinski definition) is 2. The number of aromatic nitrogens is 2. The third kappa shape index (κ3) is 3.55. The predicted octanol–water partition coefficient (Wildman–Crippen LogP) is 5.14. The molecule has 0 spiro atoms. The van der Waals surface area contributed by atoms with Crippen LogP contribution < -0.4 is 4.74 Å². The Kier molecular flexibility index (Phi) is 5.17. The van der Waals surface area contributed by atoms with Gasteiger partial charge in [-0.2, -0.15) is 5.10 Å². The quantitative estimate of drug-likeness (QED) is 0.431. The Labute approximate surface area is 191 Å². The monoisotopic (exact) mass is 443 g/mol. The van der Waals surface area contributed by atoms with Gasteiger partial charge in [0.1, 0.15) is 28.6 Å². The first-order valence-corrected chi connectivity index (χ1v) is 10.9. The fraction of sp³-hybridized carbons (Fsp3) is 0.231. The minimum Gasteiger partial charge on any atom is -0.507 e. The Morgan fingerprint density at radius 3 is 2.79 bits per heavy atom. The number of aryl methyl sites for hydroxylation is 2. The summed E-state index contributed by atoms with van der Waals surface area (Å²) in [4.78, 5) is 15.3. The Bertz CT molecular complexity index is 1320. The highest BCUT2D eigenvalue weighted by Crippen LogP contribution is 2.46. The molecule has 3 heterocycles. The molecule has 7 heteroatoms. The van der Waals surface area contributed by atoms with E-state index in [4.69, 9.17) is 9.15 Å². The van der Waals surface area contributed by atoms with Gasteiger partial charge in [-0.25, -0.2) is 0 Å². The largest absolute Gasteiger partial charge is 0.507 e. The number of phenolic OH excluding ortho intramolecular Hbond substituents is 1. The second-order valence-electron chi connectivity index (χ2n) is 8.26. The number of H-pyrrole nitrogens is 1. The van der Waals surface area contributed by atoms with Crippen molar-refractivity contribution in [2.75, 3.05) is 6.61 Å². The van der Waals surface area contributed by atoms with Gasteiger partial charge in [-0.3, -0.25) is 9.89 Å². The topological polar surface area (TPSA) is 91.6 Å². The summed E-state index contributed by atoms with van der Waals surface area (Å²) >= 11 is 0. The molecule has 2 aromatic heterocycles. The molecule has 0 aliphatic carbocycles. The summed E-state index contributed by atoms with van der Waals surface area (Å²) in [6, 6.07) is 14.8. The molecule has 1 aliphatic rings. The average molecular weight is 444 g/mol. The molecule has 1 aliphatic heterocycles. The SMILES string of the molecule is CCOc1cccc(C2c3c(-c4cc(C)cc(C)c4O)n[nH]c3C(=O)N2Cc2ccco2)c1. The fourth-order valence-corrected chi connectivity index (χ4v) is 4.56. The number of carbonyl (C=O) groups excluding carboxylic acids is 1. The van der Waals surface area contributed by atoms with Gasteiger partial charge in [-0.1, -0.05) is 18.2 Å². The van der Waals surface area contributed by atoms with Crippen LogP contribution in [0.4, 0.5) is 0 Å². The van der Waals surface area contributed by atoms with Gasteiger partial charge in [0.15, 0.2) is 0 Å². The molecule has 2 N–H and O–H groups in total. The number of aromatic amines is 1. The Hall–Kier alpha value is -4.00. The van der Waals surface area contributed by atoms with Crippen LogP contribution >= 0.6 is 0 Å². The zero-order valence-electron chi connectivity index (χ0n) is 18.8. The fourth-order valence-electron chi connectivity index (χ4n) is 4.56. The summed E-state index contributed by atoms with van der Waals surface area (Å²) in [5, 5.41) is 18.3. The van der Waals surface area contributed by atoms with Crippen molar-refractivity contribution in [3.8, 4) is 22.8 Å². The second-order valence-corrected chi connectivity index (χ2v) is 8.26. The summed E-state index contributed by atoms with van der Waals surface area (Å²) in [6.45, 7) is 6.61. The maximum absolute atomic E-state index is 13.5. The number of furan rings is 1. The molecule has 0 saturated carbocycles. The minimum absolute atomic E-state index is 0.161. The number of amides is 1. The third-order valence-electron chi connectivity index (χ3n) is 5.95. The van der Waals surface area contributed by atoms with Crippen LogP contribution in [0, 0.1) is 13.8 Å². The summed E-state index contributed by atoms with van der Waals surface area (Å²) in [6.07, 6.45) is 1.60. The Balaban J connectivity index is 1.69. The van der Waals surface area contributed by atoms with Crippen molar-refractivity contribution in [1.29, 1.82) is 0 Å². The molecule has 0 bridgehead atoms. The lowest BCUT2D eigenvalue weighted by molar-refractivity contribution is 0.0716. The molecule has 0 fully saturated rings. The van der Waals surface area contributed by atoms with Crippen LogP contribution in [0.25, 0.3) is 11.3 Å². The summed E-state index contributed by atoms with van der Waals surface area (Å²) in [7, 11) is 0. The van der Waals surface area contributed by atoms with E-state index >= 15 is 0 Å². The molecule has 7 nitrogen and oxygen atoms in total. The zero-order valence-corrected chi connectivity index (χ0v) is 18.8. The minimum atomic E-state index is -0.424. The molecule has 2 aromatic carbocycles. The van der Waals surface area contributed by atoms with Crippen LogP contribution in [0.1, 0.15) is 51.5 Å². The number of phenols is 1. The molecule has 0 radical (unpaired) electrons. The van der Waals surface area contributed by atoms with Gasteiger partial charge in [0, 0.05) is 11.1 Å². The number of aromatic hydroxyl groups is 1. The van der Waals surface area contributed by atoms with Crippen LogP contribution in [0.5, 0.6) is 11.5 Å². The summed E-state index contributed by atoms with van der Waals surface area (Å²) < 4.78 is 11.3. The van der Waals surface area contributed by atoms with Crippen molar-refractivity contribution in [3.05, 3.63) is 88.5 Å². The molecule has 0 saturated heterocycles. The zero-order chi connectivity index (χ0) is 23.1. The highest BCUT2D eigenvalue weighted by Gasteiger charge is 2.43. The van der Waals surface area contributed by atoms with Crippen molar-refractivity contribution < 1.29 is 19.1 Å². The standard InChI is InChI=1S/C26H25N3O4/c1-4-32-18-8-5-7-17(13-18)24-21-22(20-12-15(2)11-16(3)25(20)30)27-28-23(21)26(31)29(24)14-19-9-6-10-33-19/h5-13,24,30H,4,14H2,1-3H3,(H,27,28). The molecular weight excluding hydrogens is 418 g/mol. The van der Waals surface area contributed by atoms with Crippen LogP contribution in [0.3, 0.4) is 0 Å². The molecule has 1 unspecified atom stereocenters. The van der Waals surface area contributed by atoms with Crippen LogP contribution in [0.15, 0.2) is 59.2 Å². The first kappa shape index (κ1) is 20.9. The lowest BCUT2D eigenvalue weighted by Gasteiger charge is -2.26. The molecular formula is C26H25N3O4. The number of benzene rings is 2. The van der Waals surface area contributed by atoms with Crippen LogP contribution in [-0.2, 0) is 6.54 Å². The number of nitrogens with one attached hydrogen (secondary N) is 1. The van der Waals surface area contributed by atoms with Crippen LogP contribution in [-0.4, -0.2) is 32.7 Å². The maximum atomic E-state index is 13.5. The Morgan fingerprint density at radius 1 is 1.18 bits per heavy atom. The summed E-state index contributed by atoms with van der Waals surface area (Å²) in [5.74, 6) is 1.40. The number of carbonyl (C=O) groups is 1. The number of hydrogen-bond acceptors (Lipinski definition) is 5. The molecule has 33 heavy (non-hydrogen) atoms. The van der Waals surface area contributed by atoms with Gasteiger partial charge in [0.25, 0.3) is 5.91 Å². The normalized spacial score (nSPS) is 15.2. The highest BCUT2D eigenvalue weighted by molar-refractivity contribution is 6.00. The van der Waals surface area contributed by atoms with Gasteiger partial charge in [0.05, 0.1) is 25.5 Å². The van der Waals surface area contributed by atoms with E-state index in [9.17, 15) is 9.90 Å². The first-order chi connectivity index (χ1) is 16.0. The van der Waals surface area contributed by atoms with Gasteiger partial charge in [-0.05, 0) is 67.8 Å². The number of rotatable bonds is 6. The number of fused-ring (bicyclic) bond motifs is 1. The average Bonchev–Trinajstić information content (AvgIpc) is 3.51. The second kappa shape index (κ2) is 8.16. The van der Waals surface area contributed by atoms with Gasteiger partial charge in [0.2, 0.25) is 0 Å². The van der Waals surface area contributed by atoms with Gasteiger partial charge >= 0.3 is 0 Å².